The van der Waals surface area contributed by atoms with E-state index in [0.29, 0.717) is 17.5 Å². The average Bonchev–Trinajstić information content (AvgIpc) is 3.63. The lowest BCUT2D eigenvalue weighted by atomic mass is 9.90. The van der Waals surface area contributed by atoms with E-state index in [2.05, 4.69) is 140 Å². The van der Waals surface area contributed by atoms with E-state index in [1.165, 1.54) is 10.8 Å². The largest absolute Gasteiger partial charge is 0.455 e. The molecule has 8 aromatic carbocycles. The molecule has 0 bridgehead atoms. The van der Waals surface area contributed by atoms with Gasteiger partial charge in [-0.3, -0.25) is 0 Å². The highest BCUT2D eigenvalue weighted by atomic mass is 16.3. The number of fused-ring (bicyclic) bond motifs is 4. The van der Waals surface area contributed by atoms with Crippen LogP contribution in [0.2, 0.25) is 0 Å². The molecule has 0 aliphatic rings. The van der Waals surface area contributed by atoms with Crippen molar-refractivity contribution in [3.05, 3.63) is 188 Å². The van der Waals surface area contributed by atoms with E-state index in [1.807, 2.05) is 48.5 Å². The van der Waals surface area contributed by atoms with E-state index >= 15 is 0 Å². The predicted molar refractivity (Wildman–Crippen MR) is 217 cm³/mol. The summed E-state index contributed by atoms with van der Waals surface area (Å²) >= 11 is 0. The standard InChI is InChI=1S/C49H31N3O/c1-4-15-32(16-5-1)38-30-29-36(31-43(38)40-25-12-22-33-19-10-11-23-37(33)40)48-50-47(35-20-8-3-9-21-35)51-49(52-48)42-27-14-28-44-45(42)41-26-13-24-39(46(41)53-44)34-17-6-2-7-18-34/h1-31H. The molecule has 53 heavy (non-hydrogen) atoms. The molecule has 0 saturated carbocycles. The van der Waals surface area contributed by atoms with Crippen LogP contribution >= 0.6 is 0 Å². The summed E-state index contributed by atoms with van der Waals surface area (Å²) in [5.74, 6) is 1.80. The number of hydrogen-bond donors (Lipinski definition) is 0. The van der Waals surface area contributed by atoms with Gasteiger partial charge in [-0.25, -0.2) is 15.0 Å². The summed E-state index contributed by atoms with van der Waals surface area (Å²) < 4.78 is 6.61. The van der Waals surface area contributed by atoms with Crippen LogP contribution in [0.15, 0.2) is 192 Å². The van der Waals surface area contributed by atoms with Gasteiger partial charge in [-0.1, -0.05) is 176 Å². The topological polar surface area (TPSA) is 51.8 Å². The molecule has 0 aliphatic carbocycles. The van der Waals surface area contributed by atoms with Gasteiger partial charge in [0.05, 0.1) is 0 Å². The third-order valence-electron chi connectivity index (χ3n) is 9.96. The van der Waals surface area contributed by atoms with Crippen LogP contribution in [0.5, 0.6) is 0 Å². The molecule has 0 aliphatic heterocycles. The first-order chi connectivity index (χ1) is 26.3. The van der Waals surface area contributed by atoms with E-state index in [9.17, 15) is 0 Å². The van der Waals surface area contributed by atoms with Gasteiger partial charge in [0.25, 0.3) is 0 Å². The van der Waals surface area contributed by atoms with Crippen molar-refractivity contribution >= 4 is 32.7 Å². The van der Waals surface area contributed by atoms with Gasteiger partial charge in [-0.05, 0) is 50.7 Å². The van der Waals surface area contributed by atoms with Crippen molar-refractivity contribution in [2.45, 2.75) is 0 Å². The highest BCUT2D eigenvalue weighted by Crippen LogP contribution is 2.42. The zero-order valence-corrected chi connectivity index (χ0v) is 28.6. The zero-order chi connectivity index (χ0) is 35.1. The van der Waals surface area contributed by atoms with Crippen molar-refractivity contribution in [3.8, 4) is 67.5 Å². The number of aromatic nitrogens is 3. The van der Waals surface area contributed by atoms with E-state index in [1.54, 1.807) is 0 Å². The highest BCUT2D eigenvalue weighted by Gasteiger charge is 2.20. The molecule has 2 heterocycles. The Morgan fingerprint density at radius 2 is 0.868 bits per heavy atom. The maximum Gasteiger partial charge on any atom is 0.164 e. The monoisotopic (exact) mass is 677 g/mol. The number of nitrogens with zero attached hydrogens (tertiary/aromatic N) is 3. The summed E-state index contributed by atoms with van der Waals surface area (Å²) in [6.45, 7) is 0. The number of rotatable bonds is 6. The minimum atomic E-state index is 0.589. The second-order valence-corrected chi connectivity index (χ2v) is 13.2. The minimum absolute atomic E-state index is 0.589. The molecule has 0 N–H and O–H groups in total. The first kappa shape index (κ1) is 30.6. The van der Waals surface area contributed by atoms with Gasteiger partial charge in [0.2, 0.25) is 0 Å². The number of benzene rings is 8. The second kappa shape index (κ2) is 12.9. The smallest absolute Gasteiger partial charge is 0.164 e. The molecule has 4 heteroatoms. The predicted octanol–water partition coefficient (Wildman–Crippen LogP) is 12.9. The molecule has 0 spiro atoms. The lowest BCUT2D eigenvalue weighted by Crippen LogP contribution is -2.01. The number of furan rings is 1. The highest BCUT2D eigenvalue weighted by molar-refractivity contribution is 6.15. The average molecular weight is 678 g/mol. The molecule has 0 radical (unpaired) electrons. The molecular formula is C49H31N3O. The molecule has 10 rings (SSSR count). The summed E-state index contributed by atoms with van der Waals surface area (Å²) in [7, 11) is 0. The Morgan fingerprint density at radius 1 is 0.321 bits per heavy atom. The van der Waals surface area contributed by atoms with Crippen LogP contribution in [0.25, 0.3) is 100 Å². The van der Waals surface area contributed by atoms with Crippen LogP contribution in [0.3, 0.4) is 0 Å². The first-order valence-corrected chi connectivity index (χ1v) is 17.8. The summed E-state index contributed by atoms with van der Waals surface area (Å²) in [6, 6.07) is 65.1. The molecule has 0 unspecified atom stereocenters. The zero-order valence-electron chi connectivity index (χ0n) is 28.6. The summed E-state index contributed by atoms with van der Waals surface area (Å²) in [4.78, 5) is 15.5. The van der Waals surface area contributed by atoms with Crippen molar-refractivity contribution in [3.63, 3.8) is 0 Å². The second-order valence-electron chi connectivity index (χ2n) is 13.2. The van der Waals surface area contributed by atoms with E-state index in [4.69, 9.17) is 19.4 Å². The Bertz CT molecular complexity index is 2930. The fraction of sp³-hybridized carbons (Fsp3) is 0. The normalized spacial score (nSPS) is 11.4. The molecule has 248 valence electrons. The van der Waals surface area contributed by atoms with Crippen LogP contribution in [0.1, 0.15) is 0 Å². The Kier molecular flexibility index (Phi) is 7.43. The minimum Gasteiger partial charge on any atom is -0.455 e. The van der Waals surface area contributed by atoms with Crippen molar-refractivity contribution < 1.29 is 4.42 Å². The van der Waals surface area contributed by atoms with Gasteiger partial charge >= 0.3 is 0 Å². The Labute approximate surface area is 306 Å². The summed E-state index contributed by atoms with van der Waals surface area (Å²) in [5, 5.41) is 4.39. The first-order valence-electron chi connectivity index (χ1n) is 17.8. The van der Waals surface area contributed by atoms with Crippen LogP contribution in [-0.4, -0.2) is 15.0 Å². The van der Waals surface area contributed by atoms with Crippen molar-refractivity contribution in [2.24, 2.45) is 0 Å². The van der Waals surface area contributed by atoms with E-state index in [-0.39, 0.29) is 0 Å². The fourth-order valence-corrected chi connectivity index (χ4v) is 7.46. The molecule has 0 fully saturated rings. The lowest BCUT2D eigenvalue weighted by molar-refractivity contribution is 0.670. The maximum atomic E-state index is 6.61. The fourth-order valence-electron chi connectivity index (χ4n) is 7.46. The van der Waals surface area contributed by atoms with E-state index < -0.39 is 0 Å². The van der Waals surface area contributed by atoms with Crippen molar-refractivity contribution in [2.75, 3.05) is 0 Å². The molecule has 10 aromatic rings. The quantitative estimate of drug-likeness (QED) is 0.176. The van der Waals surface area contributed by atoms with Gasteiger partial charge < -0.3 is 4.42 Å². The van der Waals surface area contributed by atoms with Crippen molar-refractivity contribution in [1.82, 2.24) is 15.0 Å². The molecule has 0 atom stereocenters. The molecule has 2 aromatic heterocycles. The van der Waals surface area contributed by atoms with Gasteiger partial charge in [-0.15, -0.1) is 0 Å². The van der Waals surface area contributed by atoms with Crippen LogP contribution < -0.4 is 0 Å². The van der Waals surface area contributed by atoms with Gasteiger partial charge in [-0.2, -0.15) is 0 Å². The SMILES string of the molecule is c1ccc(-c2nc(-c3ccc(-c4ccccc4)c(-c4cccc5ccccc45)c3)nc(-c3cccc4oc5c(-c6ccccc6)cccc5c34)n2)cc1. The van der Waals surface area contributed by atoms with Crippen LogP contribution in [0, 0.1) is 0 Å². The third-order valence-corrected chi connectivity index (χ3v) is 9.96. The van der Waals surface area contributed by atoms with Gasteiger partial charge in [0.15, 0.2) is 17.5 Å². The third kappa shape index (κ3) is 5.45. The van der Waals surface area contributed by atoms with E-state index in [0.717, 1.165) is 72.0 Å². The van der Waals surface area contributed by atoms with Crippen LogP contribution in [0.4, 0.5) is 0 Å². The summed E-state index contributed by atoms with van der Waals surface area (Å²) in [5.41, 5.74) is 11.1. The Balaban J connectivity index is 1.21. The molecule has 4 nitrogen and oxygen atoms in total. The van der Waals surface area contributed by atoms with Crippen LogP contribution in [-0.2, 0) is 0 Å². The van der Waals surface area contributed by atoms with Gasteiger partial charge in [0, 0.05) is 33.0 Å². The van der Waals surface area contributed by atoms with Crippen molar-refractivity contribution in [1.29, 1.82) is 0 Å². The number of para-hydroxylation sites is 1. The van der Waals surface area contributed by atoms with Gasteiger partial charge in [0.1, 0.15) is 11.2 Å². The Morgan fingerprint density at radius 3 is 1.64 bits per heavy atom. The maximum absolute atomic E-state index is 6.61. The lowest BCUT2D eigenvalue weighted by Gasteiger charge is -2.15. The Hall–Kier alpha value is -7.17. The molecule has 0 amide bonds. The molecule has 0 saturated heterocycles. The summed E-state index contributed by atoms with van der Waals surface area (Å²) in [6.07, 6.45) is 0. The molecular weight excluding hydrogens is 647 g/mol. The number of hydrogen-bond acceptors (Lipinski definition) is 4.